The lowest BCUT2D eigenvalue weighted by molar-refractivity contribution is -0.118. The predicted octanol–water partition coefficient (Wildman–Crippen LogP) is 0.898. The Kier molecular flexibility index (Phi) is 7.23. The molecule has 0 spiro atoms. The summed E-state index contributed by atoms with van der Waals surface area (Å²) in [6.07, 6.45) is 0. The van der Waals surface area contributed by atoms with Crippen LogP contribution in [0.1, 0.15) is 0 Å². The smallest absolute Gasteiger partial charge is 0.262 e. The molecule has 0 radical (unpaired) electrons. The van der Waals surface area contributed by atoms with Crippen LogP contribution in [0.5, 0.6) is 0 Å². The molecule has 0 aliphatic carbocycles. The summed E-state index contributed by atoms with van der Waals surface area (Å²) >= 11 is 1.24. The van der Waals surface area contributed by atoms with E-state index in [1.54, 1.807) is 30.9 Å². The van der Waals surface area contributed by atoms with Crippen molar-refractivity contribution in [3.05, 3.63) is 34.6 Å². The summed E-state index contributed by atoms with van der Waals surface area (Å²) in [5, 5.41) is 3.81. The molecule has 2 aromatic rings. The number of ether oxygens (including phenoxy) is 2. The van der Waals surface area contributed by atoms with Crippen LogP contribution >= 0.6 is 11.8 Å². The highest BCUT2D eigenvalue weighted by Crippen LogP contribution is 2.17. The quantitative estimate of drug-likeness (QED) is 0.411. The number of carbonyl (C=O) groups is 1. The standard InChI is InChI=1S/C16H21N3O4S/c1-22-9-7-17-14(20)11-24-16-18-13-6-4-3-5-12(13)15(21)19(16)8-10-23-2/h3-6H,7-11H2,1-2H3,(H,17,20). The van der Waals surface area contributed by atoms with Gasteiger partial charge in [-0.3, -0.25) is 14.2 Å². The van der Waals surface area contributed by atoms with Crippen molar-refractivity contribution in [2.24, 2.45) is 0 Å². The highest BCUT2D eigenvalue weighted by Gasteiger charge is 2.12. The van der Waals surface area contributed by atoms with Crippen LogP contribution in [0.25, 0.3) is 10.9 Å². The molecule has 1 aromatic carbocycles. The van der Waals surface area contributed by atoms with Crippen LogP contribution in [-0.4, -0.2) is 55.2 Å². The molecule has 130 valence electrons. The Morgan fingerprint density at radius 2 is 2.00 bits per heavy atom. The van der Waals surface area contributed by atoms with Gasteiger partial charge in [0.05, 0.1) is 36.4 Å². The van der Waals surface area contributed by atoms with Gasteiger partial charge in [0.25, 0.3) is 5.56 Å². The zero-order valence-corrected chi connectivity index (χ0v) is 14.6. The zero-order chi connectivity index (χ0) is 17.4. The fourth-order valence-corrected chi connectivity index (χ4v) is 2.97. The molecule has 7 nitrogen and oxygen atoms in total. The molecular weight excluding hydrogens is 330 g/mol. The lowest BCUT2D eigenvalue weighted by atomic mass is 10.2. The number of aromatic nitrogens is 2. The number of hydrogen-bond donors (Lipinski definition) is 1. The van der Waals surface area contributed by atoms with E-state index in [-0.39, 0.29) is 17.2 Å². The third-order valence-corrected chi connectivity index (χ3v) is 4.28. The van der Waals surface area contributed by atoms with Gasteiger partial charge in [-0.05, 0) is 12.1 Å². The maximum Gasteiger partial charge on any atom is 0.262 e. The number of rotatable bonds is 9. The summed E-state index contributed by atoms with van der Waals surface area (Å²) in [6.45, 7) is 1.70. The van der Waals surface area contributed by atoms with E-state index in [9.17, 15) is 9.59 Å². The largest absolute Gasteiger partial charge is 0.383 e. The Morgan fingerprint density at radius 1 is 1.25 bits per heavy atom. The summed E-state index contributed by atoms with van der Waals surface area (Å²) in [7, 11) is 3.16. The highest BCUT2D eigenvalue weighted by molar-refractivity contribution is 7.99. The second kappa shape index (κ2) is 9.41. The lowest BCUT2D eigenvalue weighted by Crippen LogP contribution is -2.29. The first kappa shape index (κ1) is 18.4. The monoisotopic (exact) mass is 351 g/mol. The van der Waals surface area contributed by atoms with Crippen LogP contribution in [-0.2, 0) is 20.8 Å². The maximum atomic E-state index is 12.6. The summed E-state index contributed by atoms with van der Waals surface area (Å²) in [6, 6.07) is 7.18. The van der Waals surface area contributed by atoms with Crippen molar-refractivity contribution in [3.8, 4) is 0 Å². The lowest BCUT2D eigenvalue weighted by Gasteiger charge is -2.12. The molecule has 1 aromatic heterocycles. The van der Waals surface area contributed by atoms with Gasteiger partial charge < -0.3 is 14.8 Å². The van der Waals surface area contributed by atoms with E-state index in [2.05, 4.69) is 10.3 Å². The minimum Gasteiger partial charge on any atom is -0.383 e. The van der Waals surface area contributed by atoms with E-state index >= 15 is 0 Å². The van der Waals surface area contributed by atoms with Gasteiger partial charge in [-0.15, -0.1) is 0 Å². The van der Waals surface area contributed by atoms with Crippen LogP contribution in [0, 0.1) is 0 Å². The number of para-hydroxylation sites is 1. The molecule has 1 heterocycles. The number of benzene rings is 1. The van der Waals surface area contributed by atoms with Crippen molar-refractivity contribution >= 4 is 28.6 Å². The first-order valence-electron chi connectivity index (χ1n) is 7.54. The fraction of sp³-hybridized carbons (Fsp3) is 0.438. The number of carbonyl (C=O) groups excluding carboxylic acids is 1. The molecule has 24 heavy (non-hydrogen) atoms. The molecule has 0 bridgehead atoms. The van der Waals surface area contributed by atoms with E-state index in [0.29, 0.717) is 42.4 Å². The number of nitrogens with zero attached hydrogens (tertiary/aromatic N) is 2. The second-order valence-corrected chi connectivity index (χ2v) is 5.94. The van der Waals surface area contributed by atoms with Gasteiger partial charge in [0.2, 0.25) is 5.91 Å². The van der Waals surface area contributed by atoms with Crippen molar-refractivity contribution in [2.45, 2.75) is 11.7 Å². The van der Waals surface area contributed by atoms with Crippen molar-refractivity contribution in [1.29, 1.82) is 0 Å². The number of methoxy groups -OCH3 is 2. The van der Waals surface area contributed by atoms with E-state index in [0.717, 1.165) is 0 Å². The van der Waals surface area contributed by atoms with Gasteiger partial charge in [-0.2, -0.15) is 0 Å². The zero-order valence-electron chi connectivity index (χ0n) is 13.8. The molecule has 0 unspecified atom stereocenters. The van der Waals surface area contributed by atoms with Crippen LogP contribution in [0.4, 0.5) is 0 Å². The van der Waals surface area contributed by atoms with E-state index in [4.69, 9.17) is 9.47 Å². The Hall–Kier alpha value is -1.90. The number of amides is 1. The van der Waals surface area contributed by atoms with E-state index in [1.165, 1.54) is 11.8 Å². The molecule has 1 amide bonds. The molecule has 0 aliphatic heterocycles. The molecule has 0 saturated carbocycles. The number of fused-ring (bicyclic) bond motifs is 1. The number of thioether (sulfide) groups is 1. The minimum atomic E-state index is -0.127. The first-order valence-corrected chi connectivity index (χ1v) is 8.53. The minimum absolute atomic E-state index is 0.125. The Balaban J connectivity index is 2.20. The molecule has 0 atom stereocenters. The Morgan fingerprint density at radius 3 is 2.75 bits per heavy atom. The van der Waals surface area contributed by atoms with Crippen molar-refractivity contribution < 1.29 is 14.3 Å². The van der Waals surface area contributed by atoms with Gasteiger partial charge in [0, 0.05) is 20.8 Å². The van der Waals surface area contributed by atoms with Crippen molar-refractivity contribution in [2.75, 3.05) is 39.7 Å². The molecule has 2 rings (SSSR count). The summed E-state index contributed by atoms with van der Waals surface area (Å²) in [5.74, 6) is 0.0549. The first-order chi connectivity index (χ1) is 11.7. The highest BCUT2D eigenvalue weighted by atomic mass is 32.2. The van der Waals surface area contributed by atoms with Crippen molar-refractivity contribution in [3.63, 3.8) is 0 Å². The van der Waals surface area contributed by atoms with Crippen LogP contribution in [0.15, 0.2) is 34.2 Å². The van der Waals surface area contributed by atoms with E-state index < -0.39 is 0 Å². The van der Waals surface area contributed by atoms with Gasteiger partial charge >= 0.3 is 0 Å². The summed E-state index contributed by atoms with van der Waals surface area (Å²) in [4.78, 5) is 29.0. The van der Waals surface area contributed by atoms with Gasteiger partial charge in [0.15, 0.2) is 5.16 Å². The molecule has 8 heteroatoms. The average Bonchev–Trinajstić information content (AvgIpc) is 2.59. The number of hydrogen-bond acceptors (Lipinski definition) is 6. The summed E-state index contributed by atoms with van der Waals surface area (Å²) < 4.78 is 11.5. The Labute approximate surface area is 144 Å². The third-order valence-electron chi connectivity index (χ3n) is 3.31. The predicted molar refractivity (Wildman–Crippen MR) is 93.5 cm³/mol. The summed E-state index contributed by atoms with van der Waals surface area (Å²) in [5.41, 5.74) is 0.499. The topological polar surface area (TPSA) is 82.5 Å². The van der Waals surface area contributed by atoms with Crippen molar-refractivity contribution in [1.82, 2.24) is 14.9 Å². The van der Waals surface area contributed by atoms with Crippen LogP contribution in [0.2, 0.25) is 0 Å². The third kappa shape index (κ3) is 4.80. The molecular formula is C16H21N3O4S. The second-order valence-electron chi connectivity index (χ2n) is 4.99. The molecule has 0 fully saturated rings. The molecule has 1 N–H and O–H groups in total. The Bertz CT molecular complexity index is 748. The molecule has 0 aliphatic rings. The van der Waals surface area contributed by atoms with Gasteiger partial charge in [-0.1, -0.05) is 23.9 Å². The number of nitrogens with one attached hydrogen (secondary N) is 1. The SMILES string of the molecule is COCCNC(=O)CSc1nc2ccccc2c(=O)n1CCOC. The molecule has 0 saturated heterocycles. The average molecular weight is 351 g/mol. The van der Waals surface area contributed by atoms with Gasteiger partial charge in [-0.25, -0.2) is 4.98 Å². The maximum absolute atomic E-state index is 12.6. The van der Waals surface area contributed by atoms with Crippen LogP contribution < -0.4 is 10.9 Å². The van der Waals surface area contributed by atoms with E-state index in [1.807, 2.05) is 12.1 Å². The fourth-order valence-electron chi connectivity index (χ4n) is 2.11. The normalized spacial score (nSPS) is 10.9. The van der Waals surface area contributed by atoms with Gasteiger partial charge in [0.1, 0.15) is 0 Å². The van der Waals surface area contributed by atoms with Crippen LogP contribution in [0.3, 0.4) is 0 Å².